The van der Waals surface area contributed by atoms with Gasteiger partial charge in [0.25, 0.3) is 5.91 Å². The lowest BCUT2D eigenvalue weighted by Crippen LogP contribution is -2.60. The highest BCUT2D eigenvalue weighted by molar-refractivity contribution is 5.98. The lowest BCUT2D eigenvalue weighted by molar-refractivity contribution is -0.128. The van der Waals surface area contributed by atoms with Gasteiger partial charge in [-0.3, -0.25) is 9.59 Å². The second kappa shape index (κ2) is 7.56. The molecule has 6 heteroatoms. The van der Waals surface area contributed by atoms with Crippen molar-refractivity contribution in [2.24, 2.45) is 11.8 Å². The van der Waals surface area contributed by atoms with E-state index in [9.17, 15) is 14.9 Å². The fourth-order valence-corrected chi connectivity index (χ4v) is 4.61. The molecule has 28 heavy (non-hydrogen) atoms. The number of amides is 2. The van der Waals surface area contributed by atoms with Crippen LogP contribution in [0.3, 0.4) is 0 Å². The van der Waals surface area contributed by atoms with Crippen LogP contribution in [0.15, 0.2) is 24.3 Å². The van der Waals surface area contributed by atoms with Crippen LogP contribution in [-0.4, -0.2) is 41.5 Å². The number of likely N-dealkylation sites (tertiary alicyclic amines) is 1. The summed E-state index contributed by atoms with van der Waals surface area (Å²) in [5, 5.41) is 12.8. The first-order valence-corrected chi connectivity index (χ1v) is 10.3. The molecule has 1 aromatic carbocycles. The molecule has 1 aliphatic carbocycles. The number of carbonyl (C=O) groups excluding carboxylic acids is 2. The fourth-order valence-electron chi connectivity index (χ4n) is 4.61. The van der Waals surface area contributed by atoms with Gasteiger partial charge in [-0.1, -0.05) is 13.0 Å². The summed E-state index contributed by atoms with van der Waals surface area (Å²) in [5.74, 6) is 0.351. The van der Waals surface area contributed by atoms with Gasteiger partial charge in [-0.05, 0) is 62.6 Å². The molecule has 2 heterocycles. The number of anilines is 1. The zero-order chi connectivity index (χ0) is 19.7. The van der Waals surface area contributed by atoms with Crippen molar-refractivity contribution in [3.8, 4) is 6.07 Å². The Bertz CT molecular complexity index is 804. The minimum Gasteiger partial charge on any atom is -0.372 e. The number of nitrogens with one attached hydrogen (secondary N) is 1. The summed E-state index contributed by atoms with van der Waals surface area (Å²) < 4.78 is 6.07. The van der Waals surface area contributed by atoms with Crippen LogP contribution in [0, 0.1) is 23.2 Å². The maximum absolute atomic E-state index is 13.2. The van der Waals surface area contributed by atoms with Crippen molar-refractivity contribution < 1.29 is 14.3 Å². The summed E-state index contributed by atoms with van der Waals surface area (Å²) in [5.41, 5.74) is 0.591. The zero-order valence-electron chi connectivity index (χ0n) is 16.3. The van der Waals surface area contributed by atoms with Gasteiger partial charge < -0.3 is 15.0 Å². The largest absolute Gasteiger partial charge is 0.372 e. The highest BCUT2D eigenvalue weighted by Crippen LogP contribution is 2.40. The van der Waals surface area contributed by atoms with Gasteiger partial charge in [-0.2, -0.15) is 5.26 Å². The maximum Gasteiger partial charge on any atom is 0.255 e. The Balaban J connectivity index is 1.52. The van der Waals surface area contributed by atoms with Crippen LogP contribution in [0.1, 0.15) is 55.8 Å². The quantitative estimate of drug-likeness (QED) is 0.870. The van der Waals surface area contributed by atoms with Crippen molar-refractivity contribution in [3.63, 3.8) is 0 Å². The molecule has 0 bridgehead atoms. The number of piperidine rings is 1. The van der Waals surface area contributed by atoms with Crippen LogP contribution in [0.2, 0.25) is 0 Å². The maximum atomic E-state index is 13.2. The summed E-state index contributed by atoms with van der Waals surface area (Å²) in [6.45, 7) is 3.27. The van der Waals surface area contributed by atoms with E-state index in [1.807, 2.05) is 0 Å². The number of hydrogen-bond acceptors (Lipinski definition) is 4. The molecule has 2 amide bonds. The summed E-state index contributed by atoms with van der Waals surface area (Å²) in [4.78, 5) is 27.1. The van der Waals surface area contributed by atoms with Crippen molar-refractivity contribution in [2.75, 3.05) is 18.5 Å². The van der Waals surface area contributed by atoms with Gasteiger partial charge in [0.2, 0.25) is 5.91 Å². The van der Waals surface area contributed by atoms with E-state index in [4.69, 9.17) is 4.74 Å². The molecular formula is C22H27N3O3. The number of rotatable bonds is 3. The number of carbonyl (C=O) groups is 2. The number of hydrogen-bond donors (Lipinski definition) is 1. The molecule has 2 saturated heterocycles. The Labute approximate surface area is 165 Å². The molecule has 0 radical (unpaired) electrons. The monoisotopic (exact) mass is 381 g/mol. The molecule has 148 valence electrons. The third kappa shape index (κ3) is 3.51. The first-order valence-electron chi connectivity index (χ1n) is 10.3. The van der Waals surface area contributed by atoms with Crippen molar-refractivity contribution in [2.45, 2.75) is 57.1 Å². The van der Waals surface area contributed by atoms with E-state index in [1.54, 1.807) is 29.2 Å². The van der Waals surface area contributed by atoms with E-state index in [2.05, 4.69) is 18.3 Å². The van der Waals surface area contributed by atoms with Crippen LogP contribution in [-0.2, 0) is 9.53 Å². The minimum atomic E-state index is -0.570. The average molecular weight is 381 g/mol. The Hall–Kier alpha value is -2.39. The van der Waals surface area contributed by atoms with Crippen LogP contribution < -0.4 is 5.32 Å². The molecule has 1 N–H and O–H groups in total. The van der Waals surface area contributed by atoms with Gasteiger partial charge in [0.1, 0.15) is 11.6 Å². The smallest absolute Gasteiger partial charge is 0.255 e. The Kier molecular flexibility index (Phi) is 5.11. The van der Waals surface area contributed by atoms with Gasteiger partial charge in [-0.15, -0.1) is 0 Å². The molecule has 4 rings (SSSR count). The topological polar surface area (TPSA) is 82.4 Å². The van der Waals surface area contributed by atoms with E-state index >= 15 is 0 Å². The Morgan fingerprint density at radius 1 is 1.29 bits per heavy atom. The first-order chi connectivity index (χ1) is 13.5. The second-order valence-electron chi connectivity index (χ2n) is 8.39. The molecule has 3 aliphatic rings. The second-order valence-corrected chi connectivity index (χ2v) is 8.39. The molecule has 1 aromatic rings. The zero-order valence-corrected chi connectivity index (χ0v) is 16.3. The lowest BCUT2D eigenvalue weighted by atomic mass is 9.79. The molecule has 1 spiro atoms. The third-order valence-corrected chi connectivity index (χ3v) is 6.40. The summed E-state index contributed by atoms with van der Waals surface area (Å²) >= 11 is 0. The predicted molar refractivity (Wildman–Crippen MR) is 105 cm³/mol. The van der Waals surface area contributed by atoms with Crippen LogP contribution in [0.25, 0.3) is 0 Å². The SMILES string of the molecule is C[C@@H]1C[C@@H]1C(=O)Nc1cccc(C(=O)N2CCC[C@@]3(CCCCO3)[C@H]2C#N)c1. The van der Waals surface area contributed by atoms with Crippen molar-refractivity contribution in [3.05, 3.63) is 29.8 Å². The van der Waals surface area contributed by atoms with Gasteiger partial charge >= 0.3 is 0 Å². The molecule has 2 aliphatic heterocycles. The van der Waals surface area contributed by atoms with Crippen LogP contribution >= 0.6 is 0 Å². The number of benzene rings is 1. The van der Waals surface area contributed by atoms with Gasteiger partial charge in [0, 0.05) is 30.3 Å². The third-order valence-electron chi connectivity index (χ3n) is 6.40. The first kappa shape index (κ1) is 18.9. The highest BCUT2D eigenvalue weighted by atomic mass is 16.5. The number of nitriles is 1. The molecule has 1 saturated carbocycles. The van der Waals surface area contributed by atoms with E-state index in [-0.39, 0.29) is 17.7 Å². The van der Waals surface area contributed by atoms with Crippen LogP contribution in [0.5, 0.6) is 0 Å². The summed E-state index contributed by atoms with van der Waals surface area (Å²) in [6, 6.07) is 8.81. The molecule has 4 atom stereocenters. The summed E-state index contributed by atoms with van der Waals surface area (Å²) in [7, 11) is 0. The number of ether oxygens (including phenoxy) is 1. The predicted octanol–water partition coefficient (Wildman–Crippen LogP) is 3.35. The van der Waals surface area contributed by atoms with E-state index in [0.717, 1.165) is 38.5 Å². The Morgan fingerprint density at radius 2 is 2.07 bits per heavy atom. The summed E-state index contributed by atoms with van der Waals surface area (Å²) in [6.07, 6.45) is 5.44. The van der Waals surface area contributed by atoms with E-state index in [0.29, 0.717) is 30.3 Å². The van der Waals surface area contributed by atoms with Gasteiger partial charge in [0.15, 0.2) is 0 Å². The van der Waals surface area contributed by atoms with E-state index in [1.165, 1.54) is 0 Å². The Morgan fingerprint density at radius 3 is 2.75 bits per heavy atom. The molecule has 0 aromatic heterocycles. The normalized spacial score (nSPS) is 31.9. The molecule has 6 nitrogen and oxygen atoms in total. The number of nitrogens with zero attached hydrogens (tertiary/aromatic N) is 2. The average Bonchev–Trinajstić information content (AvgIpc) is 3.45. The lowest BCUT2D eigenvalue weighted by Gasteiger charge is -2.48. The molecule has 3 fully saturated rings. The fraction of sp³-hybridized carbons (Fsp3) is 0.591. The molecule has 0 unspecified atom stereocenters. The van der Waals surface area contributed by atoms with E-state index < -0.39 is 11.6 Å². The standard InChI is InChI=1S/C22H27N3O3/c1-15-12-18(15)20(26)24-17-7-4-6-16(13-17)21(27)25-10-5-9-22(19(25)14-23)8-2-3-11-28-22/h4,6-7,13,15,18-19H,2-3,5,8-12H2,1H3,(H,24,26)/t15-,18+,19-,22+/m1/s1. The highest BCUT2D eigenvalue weighted by Gasteiger charge is 2.48. The van der Waals surface area contributed by atoms with Gasteiger partial charge in [-0.25, -0.2) is 0 Å². The molecular weight excluding hydrogens is 354 g/mol. The van der Waals surface area contributed by atoms with Crippen molar-refractivity contribution in [1.82, 2.24) is 4.90 Å². The van der Waals surface area contributed by atoms with Crippen LogP contribution in [0.4, 0.5) is 5.69 Å². The van der Waals surface area contributed by atoms with Crippen molar-refractivity contribution >= 4 is 17.5 Å². The minimum absolute atomic E-state index is 0.0135. The van der Waals surface area contributed by atoms with Gasteiger partial charge in [0.05, 0.1) is 6.07 Å². The van der Waals surface area contributed by atoms with Crippen molar-refractivity contribution in [1.29, 1.82) is 5.26 Å².